The molecular weight excluding hydrogens is 412 g/mol. The van der Waals surface area contributed by atoms with Crippen LogP contribution in [0.25, 0.3) is 0 Å². The quantitative estimate of drug-likeness (QED) is 0.707. The second-order valence-corrected chi connectivity index (χ2v) is 10.7. The van der Waals surface area contributed by atoms with Crippen molar-refractivity contribution in [1.82, 2.24) is 5.32 Å². The first-order valence-electron chi connectivity index (χ1n) is 10.8. The highest BCUT2D eigenvalue weighted by Gasteiger charge is 2.40. The van der Waals surface area contributed by atoms with Crippen LogP contribution in [0.1, 0.15) is 36.8 Å². The maximum Gasteiger partial charge on any atom is 0.264 e. The zero-order valence-electron chi connectivity index (χ0n) is 18.3. The van der Waals surface area contributed by atoms with Crippen LogP contribution in [-0.2, 0) is 14.8 Å². The minimum absolute atomic E-state index is 0.148. The highest BCUT2D eigenvalue weighted by atomic mass is 32.2. The number of benzene rings is 2. The van der Waals surface area contributed by atoms with Crippen molar-refractivity contribution in [3.63, 3.8) is 0 Å². The monoisotopic (exact) mass is 442 g/mol. The number of aryl methyl sites for hydroxylation is 2. The van der Waals surface area contributed by atoms with Crippen LogP contribution in [-0.4, -0.2) is 34.0 Å². The van der Waals surface area contributed by atoms with E-state index in [1.54, 1.807) is 36.4 Å². The van der Waals surface area contributed by atoms with Gasteiger partial charge in [0, 0.05) is 6.04 Å². The van der Waals surface area contributed by atoms with Crippen LogP contribution in [0, 0.1) is 25.7 Å². The second-order valence-electron chi connectivity index (χ2n) is 8.85. The van der Waals surface area contributed by atoms with E-state index in [2.05, 4.69) is 5.32 Å². The van der Waals surface area contributed by atoms with E-state index < -0.39 is 10.0 Å². The molecule has 2 aromatic rings. The Morgan fingerprint density at radius 2 is 1.77 bits per heavy atom. The van der Waals surface area contributed by atoms with Crippen LogP contribution in [0.4, 0.5) is 5.69 Å². The molecule has 2 bridgehead atoms. The van der Waals surface area contributed by atoms with E-state index in [0.717, 1.165) is 24.0 Å². The molecule has 166 valence electrons. The van der Waals surface area contributed by atoms with Gasteiger partial charge < -0.3 is 10.1 Å². The largest absolute Gasteiger partial charge is 0.495 e. The number of rotatable bonds is 7. The molecule has 3 atom stereocenters. The first-order chi connectivity index (χ1) is 14.8. The molecule has 0 aromatic heterocycles. The summed E-state index contributed by atoms with van der Waals surface area (Å²) in [6.07, 6.45) is 4.55. The summed E-state index contributed by atoms with van der Waals surface area (Å²) in [5.41, 5.74) is 2.22. The number of amides is 1. The Balaban J connectivity index is 1.66. The second kappa shape index (κ2) is 8.54. The SMILES string of the molecule is COc1ccc(C)cc1N(CC(=O)N[C@@H]1C[C@@H]2CC[C@@H]1C2)S(=O)(=O)c1ccc(C)cc1. The molecule has 6 nitrogen and oxygen atoms in total. The van der Waals surface area contributed by atoms with Crippen molar-refractivity contribution >= 4 is 21.6 Å². The third kappa shape index (κ3) is 4.42. The van der Waals surface area contributed by atoms with Crippen molar-refractivity contribution in [2.75, 3.05) is 18.0 Å². The van der Waals surface area contributed by atoms with Crippen LogP contribution >= 0.6 is 0 Å². The van der Waals surface area contributed by atoms with Crippen molar-refractivity contribution in [3.05, 3.63) is 53.6 Å². The molecule has 0 unspecified atom stereocenters. The summed E-state index contributed by atoms with van der Waals surface area (Å²) >= 11 is 0. The van der Waals surface area contributed by atoms with Crippen LogP contribution < -0.4 is 14.4 Å². The van der Waals surface area contributed by atoms with E-state index >= 15 is 0 Å². The average molecular weight is 443 g/mol. The molecule has 1 N–H and O–H groups in total. The van der Waals surface area contributed by atoms with Gasteiger partial charge in [0.05, 0.1) is 17.7 Å². The number of hydrogen-bond acceptors (Lipinski definition) is 4. The minimum atomic E-state index is -3.97. The number of nitrogens with zero attached hydrogens (tertiary/aromatic N) is 1. The number of nitrogens with one attached hydrogen (secondary N) is 1. The number of methoxy groups -OCH3 is 1. The molecule has 0 heterocycles. The van der Waals surface area contributed by atoms with Gasteiger partial charge in [0.1, 0.15) is 12.3 Å². The molecular formula is C24H30N2O4S. The molecule has 2 aliphatic rings. The number of hydrogen-bond donors (Lipinski definition) is 1. The molecule has 0 aliphatic heterocycles. The van der Waals surface area contributed by atoms with Crippen LogP contribution in [0.5, 0.6) is 5.75 Å². The Hall–Kier alpha value is -2.54. The lowest BCUT2D eigenvalue weighted by Crippen LogP contribution is -2.46. The topological polar surface area (TPSA) is 75.7 Å². The Labute approximate surface area is 184 Å². The van der Waals surface area contributed by atoms with E-state index in [1.807, 2.05) is 19.9 Å². The maximum absolute atomic E-state index is 13.6. The number of anilines is 1. The van der Waals surface area contributed by atoms with Gasteiger partial charge in [0.15, 0.2) is 0 Å². The van der Waals surface area contributed by atoms with Gasteiger partial charge in [-0.2, -0.15) is 0 Å². The Kier molecular flexibility index (Phi) is 5.97. The summed E-state index contributed by atoms with van der Waals surface area (Å²) < 4.78 is 33.8. The molecule has 0 radical (unpaired) electrons. The molecule has 31 heavy (non-hydrogen) atoms. The molecule has 2 saturated carbocycles. The maximum atomic E-state index is 13.6. The van der Waals surface area contributed by atoms with Gasteiger partial charge in [0.2, 0.25) is 5.91 Å². The van der Waals surface area contributed by atoms with Crippen LogP contribution in [0.15, 0.2) is 47.4 Å². The van der Waals surface area contributed by atoms with Gasteiger partial charge in [-0.05, 0) is 74.8 Å². The zero-order valence-corrected chi connectivity index (χ0v) is 19.1. The van der Waals surface area contributed by atoms with Crippen molar-refractivity contribution in [2.45, 2.75) is 50.5 Å². The Morgan fingerprint density at radius 1 is 1.06 bits per heavy atom. The lowest BCUT2D eigenvalue weighted by molar-refractivity contribution is -0.120. The third-order valence-corrected chi connectivity index (χ3v) is 8.36. The number of carbonyl (C=O) groups excluding carboxylic acids is 1. The van der Waals surface area contributed by atoms with E-state index in [9.17, 15) is 13.2 Å². The lowest BCUT2D eigenvalue weighted by atomic mass is 9.95. The number of sulfonamides is 1. The summed E-state index contributed by atoms with van der Waals surface area (Å²) in [6, 6.07) is 12.2. The number of carbonyl (C=O) groups is 1. The predicted octanol–water partition coefficient (Wildman–Crippen LogP) is 3.81. The predicted molar refractivity (Wildman–Crippen MR) is 121 cm³/mol. The zero-order chi connectivity index (χ0) is 22.2. The fourth-order valence-electron chi connectivity index (χ4n) is 4.94. The molecule has 2 aromatic carbocycles. The lowest BCUT2D eigenvalue weighted by Gasteiger charge is -2.28. The van der Waals surface area contributed by atoms with Gasteiger partial charge in [-0.25, -0.2) is 8.42 Å². The van der Waals surface area contributed by atoms with Crippen molar-refractivity contribution < 1.29 is 17.9 Å². The third-order valence-electron chi connectivity index (χ3n) is 6.58. The van der Waals surface area contributed by atoms with E-state index in [0.29, 0.717) is 23.3 Å². The molecule has 4 rings (SSSR count). The standard InChI is InChI=1S/C24H30N2O4S/c1-16-4-9-20(10-5-16)31(28,29)26(22-12-17(2)6-11-23(22)30-3)15-24(27)25-21-14-18-7-8-19(21)13-18/h4-6,9-12,18-19,21H,7-8,13-15H2,1-3H3,(H,25,27)/t18-,19-,21-/m1/s1. The number of ether oxygens (including phenoxy) is 1. The highest BCUT2D eigenvalue weighted by Crippen LogP contribution is 2.44. The normalized spacial score (nSPS) is 22.4. The van der Waals surface area contributed by atoms with Gasteiger partial charge in [0.25, 0.3) is 10.0 Å². The highest BCUT2D eigenvalue weighted by molar-refractivity contribution is 7.92. The first-order valence-corrected chi connectivity index (χ1v) is 12.3. The Bertz CT molecular complexity index is 1070. The summed E-state index contributed by atoms with van der Waals surface area (Å²) in [7, 11) is -2.47. The van der Waals surface area contributed by atoms with E-state index in [-0.39, 0.29) is 23.4 Å². The molecule has 2 aliphatic carbocycles. The van der Waals surface area contributed by atoms with Gasteiger partial charge >= 0.3 is 0 Å². The first kappa shape index (κ1) is 21.7. The summed E-state index contributed by atoms with van der Waals surface area (Å²) in [5.74, 6) is 1.34. The summed E-state index contributed by atoms with van der Waals surface area (Å²) in [6.45, 7) is 3.50. The average Bonchev–Trinajstić information content (AvgIpc) is 3.35. The van der Waals surface area contributed by atoms with E-state index in [1.165, 1.54) is 24.3 Å². The van der Waals surface area contributed by atoms with Gasteiger partial charge in [-0.1, -0.05) is 30.2 Å². The van der Waals surface area contributed by atoms with Gasteiger partial charge in [-0.15, -0.1) is 0 Å². The smallest absolute Gasteiger partial charge is 0.264 e. The van der Waals surface area contributed by atoms with Crippen molar-refractivity contribution in [3.8, 4) is 5.75 Å². The number of fused-ring (bicyclic) bond motifs is 2. The fraction of sp³-hybridized carbons (Fsp3) is 0.458. The van der Waals surface area contributed by atoms with Crippen LogP contribution in [0.2, 0.25) is 0 Å². The Morgan fingerprint density at radius 3 is 2.39 bits per heavy atom. The van der Waals surface area contributed by atoms with E-state index in [4.69, 9.17) is 4.74 Å². The molecule has 0 saturated heterocycles. The fourth-order valence-corrected chi connectivity index (χ4v) is 6.36. The summed E-state index contributed by atoms with van der Waals surface area (Å²) in [4.78, 5) is 13.2. The molecule has 1 amide bonds. The van der Waals surface area contributed by atoms with Gasteiger partial charge in [-0.3, -0.25) is 9.10 Å². The summed E-state index contributed by atoms with van der Waals surface area (Å²) in [5, 5.41) is 3.11. The molecule has 7 heteroatoms. The van der Waals surface area contributed by atoms with Crippen molar-refractivity contribution in [2.24, 2.45) is 11.8 Å². The van der Waals surface area contributed by atoms with Crippen molar-refractivity contribution in [1.29, 1.82) is 0 Å². The van der Waals surface area contributed by atoms with Crippen LogP contribution in [0.3, 0.4) is 0 Å². The molecule has 2 fully saturated rings. The minimum Gasteiger partial charge on any atom is -0.495 e. The molecule has 0 spiro atoms.